The fraction of sp³-hybridized carbons (Fsp3) is 0.400. The van der Waals surface area contributed by atoms with Gasteiger partial charge in [-0.05, 0) is 46.4 Å². The van der Waals surface area contributed by atoms with Gasteiger partial charge in [-0.25, -0.2) is 0 Å². The standard InChI is InChI=1S/C10H11BrClN/c11-10-8(2-1-3-9(10)12)7-4-5-13-6-7/h1-3,7,13H,4-6H2. The lowest BCUT2D eigenvalue weighted by molar-refractivity contribution is 0.760. The van der Waals surface area contributed by atoms with E-state index in [4.69, 9.17) is 11.6 Å². The number of nitrogens with one attached hydrogen (secondary N) is 1. The number of hydrogen-bond donors (Lipinski definition) is 1. The van der Waals surface area contributed by atoms with Gasteiger partial charge in [-0.3, -0.25) is 0 Å². The summed E-state index contributed by atoms with van der Waals surface area (Å²) >= 11 is 9.56. The third-order valence-corrected chi connectivity index (χ3v) is 3.91. The highest BCUT2D eigenvalue weighted by atomic mass is 79.9. The van der Waals surface area contributed by atoms with E-state index in [0.29, 0.717) is 5.92 Å². The molecule has 0 saturated carbocycles. The molecule has 0 radical (unpaired) electrons. The predicted molar refractivity (Wildman–Crippen MR) is 59.4 cm³/mol. The molecule has 1 fully saturated rings. The summed E-state index contributed by atoms with van der Waals surface area (Å²) in [6, 6.07) is 6.08. The zero-order valence-electron chi connectivity index (χ0n) is 7.19. The Morgan fingerprint density at radius 3 is 3.00 bits per heavy atom. The Bertz CT molecular complexity index is 308. The molecule has 1 atom stereocenters. The second-order valence-corrected chi connectivity index (χ2v) is 4.53. The van der Waals surface area contributed by atoms with Crippen LogP contribution in [-0.4, -0.2) is 13.1 Å². The van der Waals surface area contributed by atoms with Crippen molar-refractivity contribution < 1.29 is 0 Å². The van der Waals surface area contributed by atoms with Gasteiger partial charge >= 0.3 is 0 Å². The molecule has 1 saturated heterocycles. The molecule has 0 aliphatic carbocycles. The van der Waals surface area contributed by atoms with Crippen molar-refractivity contribution in [2.45, 2.75) is 12.3 Å². The summed E-state index contributed by atoms with van der Waals surface area (Å²) < 4.78 is 1.06. The maximum atomic E-state index is 6.02. The summed E-state index contributed by atoms with van der Waals surface area (Å²) in [5.74, 6) is 0.619. The van der Waals surface area contributed by atoms with Crippen LogP contribution < -0.4 is 5.32 Å². The van der Waals surface area contributed by atoms with Crippen LogP contribution in [0.15, 0.2) is 22.7 Å². The molecule has 1 aromatic carbocycles. The predicted octanol–water partition coefficient (Wildman–Crippen LogP) is 3.18. The zero-order chi connectivity index (χ0) is 9.26. The molecule has 0 aromatic heterocycles. The second-order valence-electron chi connectivity index (χ2n) is 3.33. The van der Waals surface area contributed by atoms with E-state index < -0.39 is 0 Å². The van der Waals surface area contributed by atoms with E-state index in [2.05, 4.69) is 27.3 Å². The Morgan fingerprint density at radius 1 is 1.46 bits per heavy atom. The first-order valence-electron chi connectivity index (χ1n) is 4.43. The van der Waals surface area contributed by atoms with Crippen LogP contribution in [0.4, 0.5) is 0 Å². The quantitative estimate of drug-likeness (QED) is 0.818. The van der Waals surface area contributed by atoms with Crippen LogP contribution in [0.2, 0.25) is 5.02 Å². The van der Waals surface area contributed by atoms with Crippen molar-refractivity contribution in [3.8, 4) is 0 Å². The molecular formula is C10H11BrClN. The Morgan fingerprint density at radius 2 is 2.31 bits per heavy atom. The van der Waals surface area contributed by atoms with E-state index in [0.717, 1.165) is 22.6 Å². The number of halogens is 2. The first kappa shape index (κ1) is 9.50. The molecule has 1 aliphatic heterocycles. The molecular weight excluding hydrogens is 249 g/mol. The van der Waals surface area contributed by atoms with Crippen molar-refractivity contribution in [1.29, 1.82) is 0 Å². The maximum Gasteiger partial charge on any atom is 0.0550 e. The fourth-order valence-corrected chi connectivity index (χ4v) is 2.53. The molecule has 2 rings (SSSR count). The van der Waals surface area contributed by atoms with Crippen molar-refractivity contribution in [3.05, 3.63) is 33.3 Å². The second kappa shape index (κ2) is 3.99. The average Bonchev–Trinajstić information content (AvgIpc) is 2.62. The van der Waals surface area contributed by atoms with E-state index >= 15 is 0 Å². The van der Waals surface area contributed by atoms with Crippen LogP contribution in [0.3, 0.4) is 0 Å². The Hall–Kier alpha value is -0.0500. The molecule has 0 amide bonds. The highest BCUT2D eigenvalue weighted by Crippen LogP contribution is 2.33. The van der Waals surface area contributed by atoms with Crippen molar-refractivity contribution in [1.82, 2.24) is 5.32 Å². The third kappa shape index (κ3) is 1.90. The van der Waals surface area contributed by atoms with Crippen LogP contribution in [0.5, 0.6) is 0 Å². The monoisotopic (exact) mass is 259 g/mol. The SMILES string of the molecule is Clc1cccc(C2CCNC2)c1Br. The van der Waals surface area contributed by atoms with Gasteiger partial charge in [0.1, 0.15) is 0 Å². The van der Waals surface area contributed by atoms with E-state index in [1.54, 1.807) is 0 Å². The van der Waals surface area contributed by atoms with Crippen LogP contribution in [0.25, 0.3) is 0 Å². The van der Waals surface area contributed by atoms with E-state index in [-0.39, 0.29) is 0 Å². The van der Waals surface area contributed by atoms with Crippen LogP contribution in [0.1, 0.15) is 17.9 Å². The first-order chi connectivity index (χ1) is 6.29. The van der Waals surface area contributed by atoms with Gasteiger partial charge in [-0.1, -0.05) is 23.7 Å². The highest BCUT2D eigenvalue weighted by molar-refractivity contribution is 9.10. The summed E-state index contributed by atoms with van der Waals surface area (Å²) in [5, 5.41) is 4.16. The number of rotatable bonds is 1. The smallest absolute Gasteiger partial charge is 0.0550 e. The third-order valence-electron chi connectivity index (χ3n) is 2.48. The van der Waals surface area contributed by atoms with Gasteiger partial charge in [0, 0.05) is 11.0 Å². The molecule has 0 bridgehead atoms. The number of benzene rings is 1. The lowest BCUT2D eigenvalue weighted by atomic mass is 9.99. The van der Waals surface area contributed by atoms with Crippen molar-refractivity contribution in [2.24, 2.45) is 0 Å². The van der Waals surface area contributed by atoms with Gasteiger partial charge in [0.25, 0.3) is 0 Å². The summed E-state index contributed by atoms with van der Waals surface area (Å²) in [4.78, 5) is 0. The molecule has 1 unspecified atom stereocenters. The van der Waals surface area contributed by atoms with Crippen molar-refractivity contribution >= 4 is 27.5 Å². The van der Waals surface area contributed by atoms with Crippen LogP contribution >= 0.6 is 27.5 Å². The van der Waals surface area contributed by atoms with Crippen LogP contribution in [-0.2, 0) is 0 Å². The summed E-state index contributed by atoms with van der Waals surface area (Å²) in [7, 11) is 0. The van der Waals surface area contributed by atoms with Gasteiger partial charge in [0.05, 0.1) is 5.02 Å². The summed E-state index contributed by atoms with van der Waals surface area (Å²) in [5.41, 5.74) is 1.33. The maximum absolute atomic E-state index is 6.02. The average molecular weight is 261 g/mol. The minimum Gasteiger partial charge on any atom is -0.316 e. The molecule has 1 heterocycles. The molecule has 1 N–H and O–H groups in total. The normalized spacial score (nSPS) is 22.2. The molecule has 13 heavy (non-hydrogen) atoms. The Kier molecular flexibility index (Phi) is 2.92. The van der Waals surface area contributed by atoms with Gasteiger partial charge in [0.2, 0.25) is 0 Å². The van der Waals surface area contributed by atoms with Crippen molar-refractivity contribution in [3.63, 3.8) is 0 Å². The van der Waals surface area contributed by atoms with Crippen LogP contribution in [0, 0.1) is 0 Å². The van der Waals surface area contributed by atoms with E-state index in [9.17, 15) is 0 Å². The largest absolute Gasteiger partial charge is 0.316 e. The molecule has 3 heteroatoms. The van der Waals surface area contributed by atoms with Gasteiger partial charge in [0.15, 0.2) is 0 Å². The van der Waals surface area contributed by atoms with Crippen molar-refractivity contribution in [2.75, 3.05) is 13.1 Å². The molecule has 70 valence electrons. The minimum absolute atomic E-state index is 0.619. The lowest BCUT2D eigenvalue weighted by Gasteiger charge is -2.11. The summed E-state index contributed by atoms with van der Waals surface area (Å²) in [6.45, 7) is 2.18. The topological polar surface area (TPSA) is 12.0 Å². The van der Waals surface area contributed by atoms with Gasteiger partial charge in [-0.2, -0.15) is 0 Å². The Balaban J connectivity index is 2.33. The zero-order valence-corrected chi connectivity index (χ0v) is 9.53. The molecule has 1 aliphatic rings. The highest BCUT2D eigenvalue weighted by Gasteiger charge is 2.19. The molecule has 1 nitrogen and oxygen atoms in total. The minimum atomic E-state index is 0.619. The first-order valence-corrected chi connectivity index (χ1v) is 5.61. The fourth-order valence-electron chi connectivity index (χ4n) is 1.76. The molecule has 1 aromatic rings. The van der Waals surface area contributed by atoms with Gasteiger partial charge in [-0.15, -0.1) is 0 Å². The van der Waals surface area contributed by atoms with E-state index in [1.807, 2.05) is 12.1 Å². The summed E-state index contributed by atoms with van der Waals surface area (Å²) in [6.07, 6.45) is 1.21. The lowest BCUT2D eigenvalue weighted by Crippen LogP contribution is -2.08. The van der Waals surface area contributed by atoms with Gasteiger partial charge < -0.3 is 5.32 Å². The van der Waals surface area contributed by atoms with E-state index in [1.165, 1.54) is 12.0 Å². The Labute approximate surface area is 91.6 Å². The number of hydrogen-bond acceptors (Lipinski definition) is 1. The molecule has 0 spiro atoms.